The molecule has 1 N–H and O–H groups in total. The standard InChI is InChI=1S/C37H44BrClN4O5/c1-36(2,3)48-35(45)41-33-20-32(30(38)22-40-33)47-31-19-27(11-12-28(31)34(44)46-6)43-17-15-42(16-18-43)23-25-13-14-37(4,5)21-29(25)24-7-9-26(39)10-8-24/h7-12,19-20,22H,13-18,21,23H2,1-6H3,(H,40,41,45). The molecule has 0 spiro atoms. The number of halogens is 2. The monoisotopic (exact) mass is 738 g/mol. The molecule has 2 aromatic carbocycles. The van der Waals surface area contributed by atoms with Crippen LogP contribution in [-0.4, -0.2) is 67.4 Å². The number of hydrogen-bond acceptors (Lipinski definition) is 8. The Hall–Kier alpha value is -3.60. The van der Waals surface area contributed by atoms with Gasteiger partial charge in [-0.05, 0) is 96.8 Å². The van der Waals surface area contributed by atoms with Crippen LogP contribution >= 0.6 is 27.5 Å². The fourth-order valence-corrected chi connectivity index (χ4v) is 6.49. The third-order valence-corrected chi connectivity index (χ3v) is 9.42. The van der Waals surface area contributed by atoms with Gasteiger partial charge in [0.1, 0.15) is 28.5 Å². The highest BCUT2D eigenvalue weighted by Crippen LogP contribution is 2.43. The second kappa shape index (κ2) is 14.9. The molecule has 2 heterocycles. The lowest BCUT2D eigenvalue weighted by atomic mass is 9.72. The molecule has 1 amide bonds. The zero-order chi connectivity index (χ0) is 34.6. The van der Waals surface area contributed by atoms with Crippen molar-refractivity contribution in [1.82, 2.24) is 9.88 Å². The van der Waals surface area contributed by atoms with Crippen LogP contribution in [0.1, 0.15) is 69.8 Å². The average molecular weight is 740 g/mol. The van der Waals surface area contributed by atoms with E-state index in [9.17, 15) is 9.59 Å². The number of nitrogens with one attached hydrogen (secondary N) is 1. The first-order valence-corrected chi connectivity index (χ1v) is 17.4. The number of methoxy groups -OCH3 is 1. The average Bonchev–Trinajstić information content (AvgIpc) is 3.03. The first-order valence-electron chi connectivity index (χ1n) is 16.2. The van der Waals surface area contributed by atoms with Crippen molar-refractivity contribution in [3.05, 3.63) is 80.9 Å². The molecule has 0 radical (unpaired) electrons. The number of hydrogen-bond donors (Lipinski definition) is 1. The smallest absolute Gasteiger partial charge is 0.413 e. The molecule has 0 unspecified atom stereocenters. The van der Waals surface area contributed by atoms with Crippen molar-refractivity contribution < 1.29 is 23.8 Å². The van der Waals surface area contributed by atoms with Crippen LogP contribution in [0.5, 0.6) is 11.5 Å². The highest BCUT2D eigenvalue weighted by atomic mass is 79.9. The maximum atomic E-state index is 12.7. The summed E-state index contributed by atoms with van der Waals surface area (Å²) in [5.41, 5.74) is 5.08. The molecule has 1 fully saturated rings. The number of rotatable bonds is 8. The molecule has 0 atom stereocenters. The molecule has 3 aromatic rings. The summed E-state index contributed by atoms with van der Waals surface area (Å²) in [7, 11) is 1.34. The lowest BCUT2D eigenvalue weighted by Crippen LogP contribution is -2.47. The van der Waals surface area contributed by atoms with Gasteiger partial charge in [0.05, 0.1) is 11.6 Å². The van der Waals surface area contributed by atoms with Gasteiger partial charge in [0, 0.05) is 61.8 Å². The number of pyridine rings is 1. The Morgan fingerprint density at radius 1 is 1.02 bits per heavy atom. The van der Waals surface area contributed by atoms with E-state index in [0.29, 0.717) is 16.0 Å². The number of carbonyl (C=O) groups is 2. The van der Waals surface area contributed by atoms with E-state index in [1.165, 1.54) is 36.4 Å². The Morgan fingerprint density at radius 2 is 1.73 bits per heavy atom. The van der Waals surface area contributed by atoms with Crippen LogP contribution in [0.4, 0.5) is 16.3 Å². The van der Waals surface area contributed by atoms with Crippen molar-refractivity contribution in [2.75, 3.05) is 50.1 Å². The lowest BCUT2D eigenvalue weighted by Gasteiger charge is -2.39. The lowest BCUT2D eigenvalue weighted by molar-refractivity contribution is 0.0595. The predicted molar refractivity (Wildman–Crippen MR) is 194 cm³/mol. The second-order valence-electron chi connectivity index (χ2n) is 14.1. The highest BCUT2D eigenvalue weighted by Gasteiger charge is 2.30. The molecule has 256 valence electrons. The van der Waals surface area contributed by atoms with E-state index in [-0.39, 0.29) is 16.8 Å². The topological polar surface area (TPSA) is 93.2 Å². The number of amides is 1. The number of aromatic nitrogens is 1. The molecule has 5 rings (SSSR count). The summed E-state index contributed by atoms with van der Waals surface area (Å²) in [6.07, 6.45) is 4.22. The number of piperazine rings is 1. The Kier molecular flexibility index (Phi) is 11.1. The maximum Gasteiger partial charge on any atom is 0.413 e. The number of anilines is 2. The van der Waals surface area contributed by atoms with Crippen LogP contribution in [0.15, 0.2) is 64.8 Å². The Bertz CT molecular complexity index is 1680. The SMILES string of the molecule is COC(=O)c1ccc(N2CCN(CC3=C(c4ccc(Cl)cc4)CC(C)(C)CC3)CC2)cc1Oc1cc(NC(=O)OC(C)(C)C)ncc1Br. The van der Waals surface area contributed by atoms with E-state index in [1.807, 2.05) is 24.3 Å². The first kappa shape index (κ1) is 35.7. The van der Waals surface area contributed by atoms with Crippen molar-refractivity contribution in [2.45, 2.75) is 59.5 Å². The highest BCUT2D eigenvalue weighted by molar-refractivity contribution is 9.10. The van der Waals surface area contributed by atoms with Gasteiger partial charge in [-0.25, -0.2) is 14.6 Å². The molecule has 2 aliphatic rings. The third kappa shape index (κ3) is 9.30. The van der Waals surface area contributed by atoms with E-state index in [4.69, 9.17) is 25.8 Å². The van der Waals surface area contributed by atoms with Gasteiger partial charge in [0.15, 0.2) is 0 Å². The van der Waals surface area contributed by atoms with Crippen LogP contribution < -0.4 is 15.0 Å². The van der Waals surface area contributed by atoms with Gasteiger partial charge in [-0.15, -0.1) is 0 Å². The molecule has 11 heteroatoms. The first-order chi connectivity index (χ1) is 22.7. The van der Waals surface area contributed by atoms with Gasteiger partial charge < -0.3 is 19.1 Å². The van der Waals surface area contributed by atoms with Gasteiger partial charge in [-0.1, -0.05) is 43.2 Å². The van der Waals surface area contributed by atoms with E-state index >= 15 is 0 Å². The fourth-order valence-electron chi connectivity index (χ4n) is 6.06. The summed E-state index contributed by atoms with van der Waals surface area (Å²) in [6.45, 7) is 14.5. The van der Waals surface area contributed by atoms with Crippen molar-refractivity contribution in [3.8, 4) is 11.5 Å². The molecule has 0 saturated carbocycles. The van der Waals surface area contributed by atoms with Gasteiger partial charge in [-0.3, -0.25) is 10.2 Å². The molecule has 1 saturated heterocycles. The number of benzene rings is 2. The summed E-state index contributed by atoms with van der Waals surface area (Å²) in [5.74, 6) is 0.423. The van der Waals surface area contributed by atoms with Crippen molar-refractivity contribution >= 4 is 56.7 Å². The minimum absolute atomic E-state index is 0.241. The number of esters is 1. The quantitative estimate of drug-likeness (QED) is 0.229. The van der Waals surface area contributed by atoms with E-state index < -0.39 is 17.7 Å². The number of ether oxygens (including phenoxy) is 3. The van der Waals surface area contributed by atoms with E-state index in [2.05, 4.69) is 62.0 Å². The predicted octanol–water partition coefficient (Wildman–Crippen LogP) is 9.21. The molecule has 1 aliphatic carbocycles. The van der Waals surface area contributed by atoms with Crippen molar-refractivity contribution in [2.24, 2.45) is 5.41 Å². The normalized spacial score (nSPS) is 16.8. The zero-order valence-corrected chi connectivity index (χ0v) is 30.8. The van der Waals surface area contributed by atoms with E-state index in [1.54, 1.807) is 32.9 Å². The van der Waals surface area contributed by atoms with Crippen LogP contribution in [-0.2, 0) is 9.47 Å². The van der Waals surface area contributed by atoms with Crippen LogP contribution in [0.2, 0.25) is 5.02 Å². The van der Waals surface area contributed by atoms with Crippen molar-refractivity contribution in [3.63, 3.8) is 0 Å². The van der Waals surface area contributed by atoms with Gasteiger partial charge >= 0.3 is 12.1 Å². The molecule has 0 bridgehead atoms. The molecule has 48 heavy (non-hydrogen) atoms. The van der Waals surface area contributed by atoms with Crippen LogP contribution in [0.25, 0.3) is 5.57 Å². The van der Waals surface area contributed by atoms with E-state index in [0.717, 1.165) is 56.3 Å². The molecular formula is C37H44BrClN4O5. The molecule has 9 nitrogen and oxygen atoms in total. The van der Waals surface area contributed by atoms with Gasteiger partial charge in [-0.2, -0.15) is 0 Å². The molecule has 1 aliphatic heterocycles. The number of nitrogens with zero attached hydrogens (tertiary/aromatic N) is 3. The summed E-state index contributed by atoms with van der Waals surface area (Å²) in [5, 5.41) is 3.39. The zero-order valence-electron chi connectivity index (χ0n) is 28.5. The van der Waals surface area contributed by atoms with Crippen LogP contribution in [0.3, 0.4) is 0 Å². The minimum atomic E-state index is -0.662. The van der Waals surface area contributed by atoms with Gasteiger partial charge in [0.25, 0.3) is 0 Å². The van der Waals surface area contributed by atoms with Crippen molar-refractivity contribution in [1.29, 1.82) is 0 Å². The number of allylic oxidation sites excluding steroid dienone is 1. The maximum absolute atomic E-state index is 12.7. The minimum Gasteiger partial charge on any atom is -0.465 e. The third-order valence-electron chi connectivity index (χ3n) is 8.57. The van der Waals surface area contributed by atoms with Gasteiger partial charge in [0.2, 0.25) is 0 Å². The Morgan fingerprint density at radius 3 is 2.40 bits per heavy atom. The summed E-state index contributed by atoms with van der Waals surface area (Å²) in [4.78, 5) is 34.1. The summed E-state index contributed by atoms with van der Waals surface area (Å²) in [6, 6.07) is 15.4. The van der Waals surface area contributed by atoms with Crippen LogP contribution in [0, 0.1) is 5.41 Å². The fraction of sp³-hybridized carbons (Fsp3) is 0.432. The Labute approximate surface area is 296 Å². The number of carbonyl (C=O) groups excluding carboxylic acids is 2. The molecular weight excluding hydrogens is 696 g/mol. The summed E-state index contributed by atoms with van der Waals surface area (Å²) < 4.78 is 17.2. The second-order valence-corrected chi connectivity index (χ2v) is 15.4. The summed E-state index contributed by atoms with van der Waals surface area (Å²) >= 11 is 9.69. The molecule has 1 aromatic heterocycles. The Balaban J connectivity index is 1.31. The largest absolute Gasteiger partial charge is 0.465 e.